The van der Waals surface area contributed by atoms with E-state index in [4.69, 9.17) is 4.98 Å². The number of thiazole rings is 1. The number of amides is 1. The highest BCUT2D eigenvalue weighted by molar-refractivity contribution is 7.22. The van der Waals surface area contributed by atoms with Gasteiger partial charge in [-0.25, -0.2) is 4.98 Å². The van der Waals surface area contributed by atoms with Crippen molar-refractivity contribution in [2.45, 2.75) is 40.5 Å². The molecule has 4 nitrogen and oxygen atoms in total. The van der Waals surface area contributed by atoms with E-state index in [9.17, 15) is 4.79 Å². The molecule has 0 aliphatic carbocycles. The van der Waals surface area contributed by atoms with Gasteiger partial charge in [0.15, 0.2) is 5.13 Å². The number of rotatable bonds is 7. The number of halogens is 1. The summed E-state index contributed by atoms with van der Waals surface area (Å²) < 4.78 is 1.18. The molecule has 0 spiro atoms. The highest BCUT2D eigenvalue weighted by Crippen LogP contribution is 2.33. The maximum absolute atomic E-state index is 13.3. The molecule has 0 bridgehead atoms. The number of anilines is 1. The summed E-state index contributed by atoms with van der Waals surface area (Å²) in [6.45, 7) is 10.0. The summed E-state index contributed by atoms with van der Waals surface area (Å²) in [5.74, 6) is 0.112. The van der Waals surface area contributed by atoms with E-state index in [0.29, 0.717) is 13.0 Å². The van der Waals surface area contributed by atoms with Crippen molar-refractivity contribution in [2.24, 2.45) is 0 Å². The second kappa shape index (κ2) is 10.4. The number of hydrogen-bond acceptors (Lipinski definition) is 4. The summed E-state index contributed by atoms with van der Waals surface area (Å²) in [5.41, 5.74) is 6.92. The van der Waals surface area contributed by atoms with Gasteiger partial charge in [-0.2, -0.15) is 0 Å². The predicted molar refractivity (Wildman–Crippen MR) is 131 cm³/mol. The number of benzene rings is 2. The third-order valence-electron chi connectivity index (χ3n) is 5.38. The Kier molecular flexibility index (Phi) is 8.42. The first-order chi connectivity index (χ1) is 13.8. The van der Waals surface area contributed by atoms with E-state index in [-0.39, 0.29) is 18.3 Å². The van der Waals surface area contributed by atoms with Crippen LogP contribution in [0.4, 0.5) is 5.13 Å². The maximum atomic E-state index is 13.3. The minimum absolute atomic E-state index is 0. The fraction of sp³-hybridized carbons (Fsp3) is 0.417. The van der Waals surface area contributed by atoms with Crippen LogP contribution in [-0.2, 0) is 11.2 Å². The molecule has 0 atom stereocenters. The molecule has 1 aromatic heterocycles. The van der Waals surface area contributed by atoms with Gasteiger partial charge in [-0.15, -0.1) is 12.4 Å². The number of carbonyl (C=O) groups excluding carboxylic acids is 1. The number of carbonyl (C=O) groups is 1. The molecule has 3 rings (SSSR count). The molecule has 3 aromatic rings. The molecule has 162 valence electrons. The first-order valence-electron chi connectivity index (χ1n) is 10.1. The van der Waals surface area contributed by atoms with Crippen LogP contribution in [0.15, 0.2) is 30.3 Å². The molecule has 0 unspecified atom stereocenters. The topological polar surface area (TPSA) is 36.4 Å². The normalized spacial score (nSPS) is 11.0. The Morgan fingerprint density at radius 3 is 2.23 bits per heavy atom. The van der Waals surface area contributed by atoms with Gasteiger partial charge in [-0.3, -0.25) is 9.69 Å². The Hall–Kier alpha value is -1.95. The summed E-state index contributed by atoms with van der Waals surface area (Å²) in [6.07, 6.45) is 1.32. The maximum Gasteiger partial charge on any atom is 0.233 e. The van der Waals surface area contributed by atoms with Crippen LogP contribution < -0.4 is 4.90 Å². The van der Waals surface area contributed by atoms with Crippen LogP contribution in [0.25, 0.3) is 10.2 Å². The van der Waals surface area contributed by atoms with Gasteiger partial charge in [0.2, 0.25) is 5.91 Å². The third kappa shape index (κ3) is 5.60. The molecule has 0 aliphatic rings. The molecular weight excluding hydrogens is 414 g/mol. The van der Waals surface area contributed by atoms with E-state index in [1.54, 1.807) is 11.3 Å². The van der Waals surface area contributed by atoms with E-state index in [0.717, 1.165) is 34.7 Å². The van der Waals surface area contributed by atoms with E-state index in [2.05, 4.69) is 77.0 Å². The van der Waals surface area contributed by atoms with Gasteiger partial charge in [-0.05, 0) is 82.6 Å². The van der Waals surface area contributed by atoms with E-state index in [1.807, 2.05) is 4.90 Å². The lowest BCUT2D eigenvalue weighted by atomic mass is 10.0. The van der Waals surface area contributed by atoms with Crippen LogP contribution in [0, 0.1) is 27.7 Å². The van der Waals surface area contributed by atoms with Crippen molar-refractivity contribution in [2.75, 3.05) is 32.1 Å². The van der Waals surface area contributed by atoms with Crippen molar-refractivity contribution < 1.29 is 4.79 Å². The minimum atomic E-state index is 0. The summed E-state index contributed by atoms with van der Waals surface area (Å²) in [7, 11) is 4.12. The lowest BCUT2D eigenvalue weighted by molar-refractivity contribution is -0.118. The Balaban J connectivity index is 0.00000320. The van der Waals surface area contributed by atoms with Crippen molar-refractivity contribution >= 4 is 45.0 Å². The van der Waals surface area contributed by atoms with E-state index >= 15 is 0 Å². The summed E-state index contributed by atoms with van der Waals surface area (Å²) in [5, 5.41) is 0.810. The summed E-state index contributed by atoms with van der Waals surface area (Å²) in [6, 6.07) is 10.5. The number of aryl methyl sites for hydroxylation is 4. The second-order valence-electron chi connectivity index (χ2n) is 8.17. The molecule has 1 heterocycles. The van der Waals surface area contributed by atoms with Crippen LogP contribution in [-0.4, -0.2) is 43.0 Å². The SMILES string of the molecule is Cc1ccc(CC(=O)N(CCCN(C)C)c2nc3c(C)ccc(C)c3s2)cc1C.Cl. The number of hydrogen-bond donors (Lipinski definition) is 0. The third-order valence-corrected chi connectivity index (χ3v) is 6.59. The molecule has 0 saturated heterocycles. The molecule has 0 fully saturated rings. The molecule has 6 heteroatoms. The second-order valence-corrected chi connectivity index (χ2v) is 9.15. The molecule has 0 aliphatic heterocycles. The number of aromatic nitrogens is 1. The average Bonchev–Trinajstić information content (AvgIpc) is 3.11. The van der Waals surface area contributed by atoms with E-state index < -0.39 is 0 Å². The summed E-state index contributed by atoms with van der Waals surface area (Å²) in [4.78, 5) is 22.2. The van der Waals surface area contributed by atoms with Crippen LogP contribution >= 0.6 is 23.7 Å². The Morgan fingerprint density at radius 2 is 1.60 bits per heavy atom. The zero-order chi connectivity index (χ0) is 21.1. The van der Waals surface area contributed by atoms with Gasteiger partial charge in [0, 0.05) is 6.54 Å². The fourth-order valence-electron chi connectivity index (χ4n) is 3.42. The van der Waals surface area contributed by atoms with Crippen molar-refractivity contribution in [3.05, 3.63) is 58.1 Å². The van der Waals surface area contributed by atoms with Crippen LogP contribution in [0.3, 0.4) is 0 Å². The lowest BCUT2D eigenvalue weighted by Crippen LogP contribution is -2.34. The van der Waals surface area contributed by atoms with Crippen LogP contribution in [0.2, 0.25) is 0 Å². The van der Waals surface area contributed by atoms with E-state index in [1.165, 1.54) is 21.4 Å². The lowest BCUT2D eigenvalue weighted by Gasteiger charge is -2.21. The molecular formula is C24H32ClN3OS. The van der Waals surface area contributed by atoms with Crippen molar-refractivity contribution in [1.29, 1.82) is 0 Å². The molecule has 0 radical (unpaired) electrons. The van der Waals surface area contributed by atoms with Crippen LogP contribution in [0.5, 0.6) is 0 Å². The first-order valence-corrected chi connectivity index (χ1v) is 11.0. The Morgan fingerprint density at radius 1 is 0.933 bits per heavy atom. The van der Waals surface area contributed by atoms with Crippen molar-refractivity contribution in [1.82, 2.24) is 9.88 Å². The number of nitrogens with zero attached hydrogens (tertiary/aromatic N) is 3. The zero-order valence-corrected chi connectivity index (χ0v) is 20.4. The van der Waals surface area contributed by atoms with Crippen LogP contribution in [0.1, 0.15) is 34.2 Å². The highest BCUT2D eigenvalue weighted by Gasteiger charge is 2.21. The van der Waals surface area contributed by atoms with Crippen molar-refractivity contribution in [3.8, 4) is 0 Å². The van der Waals surface area contributed by atoms with Gasteiger partial charge in [0.05, 0.1) is 16.6 Å². The molecule has 0 saturated carbocycles. The smallest absolute Gasteiger partial charge is 0.233 e. The van der Waals surface area contributed by atoms with Gasteiger partial charge < -0.3 is 4.90 Å². The Bertz CT molecular complexity index is 990. The monoisotopic (exact) mass is 445 g/mol. The standard InChI is InChI=1S/C24H31N3OS.ClH/c1-16-10-11-20(14-19(16)4)15-21(28)27(13-7-12-26(5)6)24-25-22-17(2)8-9-18(3)23(22)29-24;/h8-11,14H,7,12-13,15H2,1-6H3;1H. The molecule has 1 amide bonds. The van der Waals surface area contributed by atoms with Crippen molar-refractivity contribution in [3.63, 3.8) is 0 Å². The fourth-order valence-corrected chi connectivity index (χ4v) is 4.57. The molecule has 30 heavy (non-hydrogen) atoms. The van der Waals surface area contributed by atoms with Gasteiger partial charge in [0.25, 0.3) is 0 Å². The van der Waals surface area contributed by atoms with Gasteiger partial charge in [-0.1, -0.05) is 41.7 Å². The first kappa shape index (κ1) is 24.3. The molecule has 0 N–H and O–H groups in total. The van der Waals surface area contributed by atoms with Gasteiger partial charge in [0.1, 0.15) is 0 Å². The largest absolute Gasteiger partial charge is 0.309 e. The van der Waals surface area contributed by atoms with Gasteiger partial charge >= 0.3 is 0 Å². The molecule has 2 aromatic carbocycles. The quantitative estimate of drug-likeness (QED) is 0.483. The average molecular weight is 446 g/mol. The predicted octanol–water partition coefficient (Wildman–Crippen LogP) is 5.48. The number of fused-ring (bicyclic) bond motifs is 1. The summed E-state index contributed by atoms with van der Waals surface area (Å²) >= 11 is 1.63. The zero-order valence-electron chi connectivity index (χ0n) is 18.8. The minimum Gasteiger partial charge on any atom is -0.309 e. The highest BCUT2D eigenvalue weighted by atomic mass is 35.5. The Labute approximate surface area is 190 Å².